The summed E-state index contributed by atoms with van der Waals surface area (Å²) in [5, 5.41) is 4.53. The van der Waals surface area contributed by atoms with Gasteiger partial charge >= 0.3 is 0 Å². The number of halogens is 2. The number of benzene rings is 2. The van der Waals surface area contributed by atoms with Crippen LogP contribution < -0.4 is 4.90 Å². The summed E-state index contributed by atoms with van der Waals surface area (Å²) in [4.78, 5) is 22.0. The van der Waals surface area contributed by atoms with E-state index in [1.807, 2.05) is 0 Å². The van der Waals surface area contributed by atoms with Gasteiger partial charge in [-0.1, -0.05) is 5.16 Å². The normalized spacial score (nSPS) is 17.5. The third-order valence-corrected chi connectivity index (χ3v) is 5.50. The van der Waals surface area contributed by atoms with E-state index in [-0.39, 0.29) is 29.9 Å². The van der Waals surface area contributed by atoms with Crippen molar-refractivity contribution in [2.45, 2.75) is 25.2 Å². The molecule has 0 saturated carbocycles. The highest BCUT2D eigenvalue weighted by molar-refractivity contribution is 5.94. The van der Waals surface area contributed by atoms with E-state index >= 15 is 0 Å². The van der Waals surface area contributed by atoms with Gasteiger partial charge in [0.1, 0.15) is 11.6 Å². The molecule has 1 atom stereocenters. The number of nitrogens with one attached hydrogen (secondary N) is 1. The van der Waals surface area contributed by atoms with Crippen molar-refractivity contribution in [2.24, 2.45) is 0 Å². The monoisotopic (exact) mass is 408 g/mol. The smallest absolute Gasteiger partial charge is 0.230 e. The quantitative estimate of drug-likeness (QED) is 0.529. The lowest BCUT2D eigenvalue weighted by Crippen LogP contribution is -2.30. The maximum Gasteiger partial charge on any atom is 0.230 e. The number of aromatic amines is 1. The Morgan fingerprint density at radius 2 is 1.93 bits per heavy atom. The van der Waals surface area contributed by atoms with E-state index in [0.717, 1.165) is 6.42 Å². The molecule has 0 spiro atoms. The molecule has 30 heavy (non-hydrogen) atoms. The number of carbonyl (C=O) groups is 1. The molecule has 5 rings (SSSR count). The molecule has 0 bridgehead atoms. The van der Waals surface area contributed by atoms with Crippen molar-refractivity contribution in [3.05, 3.63) is 66.2 Å². The molecular weight excluding hydrogens is 390 g/mol. The SMILES string of the molecule is O=C1CC(c2nc(-c3ccc(F)c4cc[nH]c34)no2)CCCN1c1ccc(F)cc1. The second-order valence-electron chi connectivity index (χ2n) is 7.38. The number of carbonyl (C=O) groups excluding carboxylic acids is 1. The van der Waals surface area contributed by atoms with Crippen LogP contribution in [0.15, 0.2) is 53.2 Å². The minimum atomic E-state index is -0.339. The first-order valence-electron chi connectivity index (χ1n) is 9.75. The molecule has 1 fully saturated rings. The largest absolute Gasteiger partial charge is 0.360 e. The van der Waals surface area contributed by atoms with Crippen molar-refractivity contribution in [1.82, 2.24) is 15.1 Å². The minimum Gasteiger partial charge on any atom is -0.360 e. The second-order valence-corrected chi connectivity index (χ2v) is 7.38. The predicted molar refractivity (Wildman–Crippen MR) is 107 cm³/mol. The van der Waals surface area contributed by atoms with Gasteiger partial charge in [-0.25, -0.2) is 8.78 Å². The maximum atomic E-state index is 14.0. The van der Waals surface area contributed by atoms with Gasteiger partial charge in [-0.15, -0.1) is 0 Å². The van der Waals surface area contributed by atoms with Crippen LogP contribution in [0.4, 0.5) is 14.5 Å². The molecule has 4 aromatic rings. The van der Waals surface area contributed by atoms with Gasteiger partial charge in [0.05, 0.1) is 5.52 Å². The van der Waals surface area contributed by atoms with Gasteiger partial charge in [-0.3, -0.25) is 4.79 Å². The minimum absolute atomic E-state index is 0.0719. The Morgan fingerprint density at radius 1 is 1.10 bits per heavy atom. The van der Waals surface area contributed by atoms with Gasteiger partial charge in [0, 0.05) is 41.7 Å². The molecule has 1 aliphatic rings. The van der Waals surface area contributed by atoms with E-state index in [0.29, 0.717) is 46.8 Å². The first kappa shape index (κ1) is 18.5. The molecule has 152 valence electrons. The number of rotatable bonds is 3. The number of aromatic nitrogens is 3. The topological polar surface area (TPSA) is 75.0 Å². The van der Waals surface area contributed by atoms with Crippen molar-refractivity contribution in [1.29, 1.82) is 0 Å². The van der Waals surface area contributed by atoms with Gasteiger partial charge in [-0.05, 0) is 55.3 Å². The van der Waals surface area contributed by atoms with E-state index in [1.165, 1.54) is 18.2 Å². The Kier molecular flexibility index (Phi) is 4.54. The lowest BCUT2D eigenvalue weighted by atomic mass is 10.0. The van der Waals surface area contributed by atoms with Gasteiger partial charge in [0.25, 0.3) is 0 Å². The molecule has 1 saturated heterocycles. The van der Waals surface area contributed by atoms with Crippen molar-refractivity contribution < 1.29 is 18.1 Å². The average molecular weight is 408 g/mol. The Hall–Kier alpha value is -3.55. The van der Waals surface area contributed by atoms with Crippen molar-refractivity contribution in [2.75, 3.05) is 11.4 Å². The number of hydrogen-bond donors (Lipinski definition) is 1. The molecule has 0 aliphatic carbocycles. The Labute approximate surface area is 170 Å². The van der Waals surface area contributed by atoms with Crippen molar-refractivity contribution in [3.8, 4) is 11.4 Å². The van der Waals surface area contributed by atoms with Gasteiger partial charge in [0.15, 0.2) is 0 Å². The Bertz CT molecular complexity index is 1220. The number of H-pyrrole nitrogens is 1. The van der Waals surface area contributed by atoms with Crippen molar-refractivity contribution >= 4 is 22.5 Å². The molecule has 3 heterocycles. The Morgan fingerprint density at radius 3 is 2.77 bits per heavy atom. The first-order valence-corrected chi connectivity index (χ1v) is 9.75. The van der Waals surface area contributed by atoms with Crippen LogP contribution in [-0.2, 0) is 4.79 Å². The maximum absolute atomic E-state index is 14.0. The zero-order valence-corrected chi connectivity index (χ0v) is 15.9. The molecular formula is C22H18F2N4O2. The number of amides is 1. The summed E-state index contributed by atoms with van der Waals surface area (Å²) in [7, 11) is 0. The van der Waals surface area contributed by atoms with Crippen LogP contribution in [0.5, 0.6) is 0 Å². The molecule has 2 aromatic carbocycles. The molecule has 1 N–H and O–H groups in total. The third kappa shape index (κ3) is 3.24. The number of nitrogens with zero attached hydrogens (tertiary/aromatic N) is 3. The summed E-state index contributed by atoms with van der Waals surface area (Å²) in [5.41, 5.74) is 1.91. The summed E-state index contributed by atoms with van der Waals surface area (Å²) in [5.74, 6) is -0.197. The van der Waals surface area contributed by atoms with Gasteiger partial charge in [0.2, 0.25) is 17.6 Å². The number of fused-ring (bicyclic) bond motifs is 1. The molecule has 0 radical (unpaired) electrons. The fraction of sp³-hybridized carbons (Fsp3) is 0.227. The van der Waals surface area contributed by atoms with Crippen LogP contribution in [-0.4, -0.2) is 27.6 Å². The molecule has 1 unspecified atom stereocenters. The molecule has 1 amide bonds. The summed E-state index contributed by atoms with van der Waals surface area (Å²) in [6.07, 6.45) is 3.35. The van der Waals surface area contributed by atoms with E-state index in [4.69, 9.17) is 4.52 Å². The van der Waals surface area contributed by atoms with E-state index < -0.39 is 0 Å². The van der Waals surface area contributed by atoms with Crippen LogP contribution in [0.3, 0.4) is 0 Å². The Balaban J connectivity index is 1.40. The standard InChI is InChI=1S/C22H18F2N4O2/c23-14-3-5-15(6-4-14)28-11-1-2-13(12-19(28)29)22-26-21(27-30-22)17-7-8-18(24)16-9-10-25-20(16)17/h3-10,13,25H,1-2,11-12H2. The molecule has 1 aliphatic heterocycles. The highest BCUT2D eigenvalue weighted by Gasteiger charge is 2.29. The molecule has 8 heteroatoms. The fourth-order valence-electron chi connectivity index (χ4n) is 3.97. The third-order valence-electron chi connectivity index (χ3n) is 5.50. The lowest BCUT2D eigenvalue weighted by Gasteiger charge is -2.20. The summed E-state index contributed by atoms with van der Waals surface area (Å²) < 4.78 is 32.6. The first-order chi connectivity index (χ1) is 14.6. The second kappa shape index (κ2) is 7.37. The van der Waals surface area contributed by atoms with E-state index in [2.05, 4.69) is 15.1 Å². The average Bonchev–Trinajstić information content (AvgIpc) is 3.38. The van der Waals surface area contributed by atoms with Crippen LogP contribution in [0, 0.1) is 11.6 Å². The summed E-state index contributed by atoms with van der Waals surface area (Å²) >= 11 is 0. The summed E-state index contributed by atoms with van der Waals surface area (Å²) in [6.45, 7) is 0.545. The summed E-state index contributed by atoms with van der Waals surface area (Å²) in [6, 6.07) is 10.5. The lowest BCUT2D eigenvalue weighted by molar-refractivity contribution is -0.118. The predicted octanol–water partition coefficient (Wildman–Crippen LogP) is 4.80. The van der Waals surface area contributed by atoms with Crippen LogP contribution in [0.25, 0.3) is 22.3 Å². The fourth-order valence-corrected chi connectivity index (χ4v) is 3.97. The zero-order chi connectivity index (χ0) is 20.7. The molecule has 6 nitrogen and oxygen atoms in total. The highest BCUT2D eigenvalue weighted by atomic mass is 19.1. The highest BCUT2D eigenvalue weighted by Crippen LogP contribution is 2.33. The van der Waals surface area contributed by atoms with Crippen LogP contribution in [0.1, 0.15) is 31.1 Å². The number of hydrogen-bond acceptors (Lipinski definition) is 4. The molecule has 2 aromatic heterocycles. The van der Waals surface area contributed by atoms with Gasteiger partial charge < -0.3 is 14.4 Å². The van der Waals surface area contributed by atoms with Crippen LogP contribution >= 0.6 is 0 Å². The van der Waals surface area contributed by atoms with E-state index in [9.17, 15) is 13.6 Å². The number of anilines is 1. The zero-order valence-electron chi connectivity index (χ0n) is 15.9. The van der Waals surface area contributed by atoms with Crippen LogP contribution in [0.2, 0.25) is 0 Å². The van der Waals surface area contributed by atoms with Crippen molar-refractivity contribution in [3.63, 3.8) is 0 Å². The van der Waals surface area contributed by atoms with Gasteiger partial charge in [-0.2, -0.15) is 4.98 Å². The van der Waals surface area contributed by atoms with E-state index in [1.54, 1.807) is 35.4 Å².